The van der Waals surface area contributed by atoms with E-state index in [1.54, 1.807) is 6.08 Å². The molecule has 0 spiro atoms. The van der Waals surface area contributed by atoms with Crippen LogP contribution in [0.3, 0.4) is 0 Å². The minimum Gasteiger partial charge on any atom is -0.387 e. The summed E-state index contributed by atoms with van der Waals surface area (Å²) in [7, 11) is 1.57. The molecule has 0 bridgehead atoms. The Morgan fingerprint density at radius 3 is 1.00 bits per heavy atom. The van der Waals surface area contributed by atoms with Crippen molar-refractivity contribution in [3.8, 4) is 0 Å². The molecule has 512 valence electrons. The van der Waals surface area contributed by atoms with Crippen molar-refractivity contribution in [1.82, 2.24) is 5.32 Å². The molecule has 9 heteroatoms. The largest absolute Gasteiger partial charge is 0.472 e. The van der Waals surface area contributed by atoms with Gasteiger partial charge in [-0.05, 0) is 70.6 Å². The molecule has 0 aromatic rings. The van der Waals surface area contributed by atoms with E-state index in [9.17, 15) is 19.4 Å². The van der Waals surface area contributed by atoms with Crippen LogP contribution in [-0.4, -0.2) is 73.4 Å². The van der Waals surface area contributed by atoms with Gasteiger partial charge in [0.1, 0.15) is 13.2 Å². The highest BCUT2D eigenvalue weighted by molar-refractivity contribution is 7.47. The number of nitrogens with one attached hydrogen (secondary N) is 1. The molecule has 3 unspecified atom stereocenters. The van der Waals surface area contributed by atoms with Crippen LogP contribution in [0.1, 0.15) is 380 Å². The third-order valence-corrected chi connectivity index (χ3v) is 18.4. The highest BCUT2D eigenvalue weighted by Gasteiger charge is 2.28. The molecule has 87 heavy (non-hydrogen) atoms. The molecule has 0 saturated heterocycles. The first-order valence-corrected chi connectivity index (χ1v) is 39.7. The predicted octanol–water partition coefficient (Wildman–Crippen LogP) is 24.7. The van der Waals surface area contributed by atoms with E-state index in [1.807, 2.05) is 27.2 Å². The number of hydrogen-bond donors (Lipinski definition) is 3. The maximum atomic E-state index is 13.1. The van der Waals surface area contributed by atoms with Gasteiger partial charge in [0.25, 0.3) is 0 Å². The minimum absolute atomic E-state index is 0.0567. The first kappa shape index (κ1) is 85.2. The van der Waals surface area contributed by atoms with Crippen molar-refractivity contribution in [2.45, 2.75) is 392 Å². The van der Waals surface area contributed by atoms with Gasteiger partial charge in [0, 0.05) is 6.42 Å². The number of allylic oxidation sites excluding steroid dienone is 9. The second kappa shape index (κ2) is 68.6. The third kappa shape index (κ3) is 71.5. The fraction of sp³-hybridized carbons (Fsp3) is 0.859. The van der Waals surface area contributed by atoms with Crippen LogP contribution in [0.15, 0.2) is 60.8 Å². The second-order valence-electron chi connectivity index (χ2n) is 27.4. The number of rotatable bonds is 71. The van der Waals surface area contributed by atoms with Gasteiger partial charge < -0.3 is 19.8 Å². The molecular weight excluding hydrogens is 1090 g/mol. The predicted molar refractivity (Wildman–Crippen MR) is 383 cm³/mol. The lowest BCUT2D eigenvalue weighted by Crippen LogP contribution is -2.45. The van der Waals surface area contributed by atoms with E-state index in [2.05, 4.69) is 67.8 Å². The average molecular weight is 1240 g/mol. The van der Waals surface area contributed by atoms with E-state index >= 15 is 0 Å². The molecule has 0 radical (unpaired) electrons. The molecule has 0 aromatic heterocycles. The monoisotopic (exact) mass is 1240 g/mol. The van der Waals surface area contributed by atoms with Crippen LogP contribution in [-0.2, 0) is 18.4 Å². The molecular formula is C78H150N2O6P+. The molecule has 0 aliphatic heterocycles. The van der Waals surface area contributed by atoms with Crippen molar-refractivity contribution in [3.63, 3.8) is 0 Å². The summed E-state index contributed by atoms with van der Waals surface area (Å²) in [5, 5.41) is 14.0. The standard InChI is InChI=1S/C78H149N2O6P/c1-6-8-10-12-14-16-18-20-22-24-26-28-30-32-34-36-38-39-40-41-42-44-46-48-50-52-54-56-58-60-62-64-66-68-70-72-78(82)79-76(75-86-87(83,84)85-74-73-80(3,4)5)77(81)71-69-67-65-63-61-59-57-55-53-51-49-47-45-43-37-35-33-31-29-27-25-23-21-19-17-15-13-11-9-7-2/h18,20,24,26,30,32,61,63,69,71,76-77,81H,6-17,19,21-23,25,27-29,31,33-60,62,64-68,70,72-75H2,1-5H3,(H-,79,82,83,84)/p+1/b20-18-,26-24-,32-30-,63-61+,71-69+. The van der Waals surface area contributed by atoms with Crippen LogP contribution >= 0.6 is 7.82 Å². The van der Waals surface area contributed by atoms with Gasteiger partial charge in [0.15, 0.2) is 0 Å². The smallest absolute Gasteiger partial charge is 0.387 e. The first-order valence-electron chi connectivity index (χ1n) is 38.2. The Bertz CT molecular complexity index is 1600. The van der Waals surface area contributed by atoms with Gasteiger partial charge in [-0.1, -0.05) is 364 Å². The van der Waals surface area contributed by atoms with Crippen LogP contribution in [0.2, 0.25) is 0 Å². The third-order valence-electron chi connectivity index (χ3n) is 17.5. The topological polar surface area (TPSA) is 105 Å². The number of phosphoric acid groups is 1. The number of aliphatic hydroxyl groups is 1. The van der Waals surface area contributed by atoms with Crippen molar-refractivity contribution in [2.24, 2.45) is 0 Å². The van der Waals surface area contributed by atoms with Gasteiger partial charge in [-0.25, -0.2) is 4.57 Å². The molecule has 1 amide bonds. The molecule has 8 nitrogen and oxygen atoms in total. The molecule has 0 aliphatic rings. The summed E-state index contributed by atoms with van der Waals surface area (Å²) in [6.07, 6.45) is 95.5. The van der Waals surface area contributed by atoms with E-state index in [0.29, 0.717) is 17.4 Å². The van der Waals surface area contributed by atoms with Gasteiger partial charge in [-0.15, -0.1) is 0 Å². The number of carbonyl (C=O) groups is 1. The molecule has 0 fully saturated rings. The van der Waals surface area contributed by atoms with Crippen molar-refractivity contribution in [3.05, 3.63) is 60.8 Å². The lowest BCUT2D eigenvalue weighted by Gasteiger charge is -2.25. The quantitative estimate of drug-likeness (QED) is 0.0243. The van der Waals surface area contributed by atoms with E-state index in [1.165, 1.54) is 308 Å². The zero-order valence-electron chi connectivity index (χ0n) is 58.8. The van der Waals surface area contributed by atoms with Crippen LogP contribution in [0.5, 0.6) is 0 Å². The number of unbranched alkanes of at least 4 members (excludes halogenated alkanes) is 50. The van der Waals surface area contributed by atoms with Gasteiger partial charge in [0.2, 0.25) is 5.91 Å². The Morgan fingerprint density at radius 2 is 0.667 bits per heavy atom. The zero-order valence-corrected chi connectivity index (χ0v) is 59.7. The van der Waals surface area contributed by atoms with Crippen LogP contribution in [0.25, 0.3) is 0 Å². The van der Waals surface area contributed by atoms with E-state index < -0.39 is 20.0 Å². The number of aliphatic hydroxyl groups excluding tert-OH is 1. The van der Waals surface area contributed by atoms with Gasteiger partial charge >= 0.3 is 7.82 Å². The number of likely N-dealkylation sites (N-methyl/N-ethyl adjacent to an activating group) is 1. The number of quaternary nitrogens is 1. The number of phosphoric ester groups is 1. The van der Waals surface area contributed by atoms with Crippen LogP contribution in [0.4, 0.5) is 0 Å². The highest BCUT2D eigenvalue weighted by Crippen LogP contribution is 2.43. The van der Waals surface area contributed by atoms with E-state index in [4.69, 9.17) is 9.05 Å². The number of nitrogens with zero attached hydrogens (tertiary/aromatic N) is 1. The van der Waals surface area contributed by atoms with Gasteiger partial charge in [-0.3, -0.25) is 13.8 Å². The lowest BCUT2D eigenvalue weighted by molar-refractivity contribution is -0.870. The minimum atomic E-state index is -4.37. The number of carbonyl (C=O) groups excluding carboxylic acids is 1. The fourth-order valence-corrected chi connectivity index (χ4v) is 12.3. The van der Waals surface area contributed by atoms with Crippen molar-refractivity contribution in [2.75, 3.05) is 40.9 Å². The zero-order chi connectivity index (χ0) is 63.4. The van der Waals surface area contributed by atoms with E-state index in [-0.39, 0.29) is 19.1 Å². The van der Waals surface area contributed by atoms with Crippen LogP contribution in [0, 0.1) is 0 Å². The maximum absolute atomic E-state index is 13.1. The SMILES string of the molecule is CCCCCCC/C=C\C/C=C\C/C=C\CCCCCCCCCCCCCCCCCCCCCCC(=O)NC(COP(=O)(O)OCC[N+](C)(C)C)C(O)/C=C/CC/C=C/CCCCCCCCCCCCCCCCCCCCCCCCCC. The molecule has 0 aromatic carbocycles. The van der Waals surface area contributed by atoms with Crippen LogP contribution < -0.4 is 5.32 Å². The Labute approximate surface area is 542 Å². The van der Waals surface area contributed by atoms with Gasteiger partial charge in [-0.2, -0.15) is 0 Å². The normalized spacial score (nSPS) is 13.9. The van der Waals surface area contributed by atoms with Crippen molar-refractivity contribution < 1.29 is 32.9 Å². The van der Waals surface area contributed by atoms with Crippen molar-refractivity contribution >= 4 is 13.7 Å². The summed E-state index contributed by atoms with van der Waals surface area (Å²) >= 11 is 0. The Balaban J connectivity index is 4.02. The molecule has 0 heterocycles. The summed E-state index contributed by atoms with van der Waals surface area (Å²) in [5.74, 6) is -0.180. The number of amides is 1. The van der Waals surface area contributed by atoms with E-state index in [0.717, 1.165) is 51.4 Å². The lowest BCUT2D eigenvalue weighted by atomic mass is 10.0. The number of hydrogen-bond acceptors (Lipinski definition) is 5. The fourth-order valence-electron chi connectivity index (χ4n) is 11.5. The second-order valence-corrected chi connectivity index (χ2v) is 28.8. The Hall–Kier alpha value is -1.80. The van der Waals surface area contributed by atoms with Crippen molar-refractivity contribution in [1.29, 1.82) is 0 Å². The molecule has 0 saturated carbocycles. The summed E-state index contributed by atoms with van der Waals surface area (Å²) in [6.45, 7) is 4.84. The molecule has 3 atom stereocenters. The maximum Gasteiger partial charge on any atom is 0.472 e. The Morgan fingerprint density at radius 1 is 0.391 bits per heavy atom. The first-order chi connectivity index (χ1) is 42.5. The summed E-state index contributed by atoms with van der Waals surface area (Å²) in [4.78, 5) is 23.5. The molecule has 0 aliphatic carbocycles. The molecule has 0 rings (SSSR count). The average Bonchev–Trinajstić information content (AvgIpc) is 3.70. The molecule has 3 N–H and O–H groups in total. The Kier molecular flexibility index (Phi) is 67.1. The summed E-state index contributed by atoms with van der Waals surface area (Å²) in [5.41, 5.74) is 0. The summed E-state index contributed by atoms with van der Waals surface area (Å²) < 4.78 is 23.8. The summed E-state index contributed by atoms with van der Waals surface area (Å²) in [6, 6.07) is -0.866. The highest BCUT2D eigenvalue weighted by atomic mass is 31.2. The van der Waals surface area contributed by atoms with Gasteiger partial charge in [0.05, 0.1) is 39.9 Å².